The molecule has 2 aromatic rings. The molecule has 2 amide bonds. The number of nitrogens with zero attached hydrogens (tertiary/aromatic N) is 4. The normalized spacial score (nSPS) is 19.5. The Morgan fingerprint density at radius 1 is 0.931 bits per heavy atom. The summed E-state index contributed by atoms with van der Waals surface area (Å²) >= 11 is 0. The van der Waals surface area contributed by atoms with Crippen LogP contribution in [0.2, 0.25) is 0 Å². The molecule has 2 aromatic carbocycles. The van der Waals surface area contributed by atoms with Gasteiger partial charge in [-0.2, -0.15) is 0 Å². The van der Waals surface area contributed by atoms with Crippen LogP contribution in [0.15, 0.2) is 54.6 Å². The van der Waals surface area contributed by atoms with Crippen molar-refractivity contribution < 1.29 is 14.5 Å². The highest BCUT2D eigenvalue weighted by Gasteiger charge is 2.37. The Bertz CT molecular complexity index is 908. The Hall–Kier alpha value is -3.42. The number of rotatable bonds is 4. The molecule has 2 heterocycles. The zero-order valence-electron chi connectivity index (χ0n) is 15.9. The van der Waals surface area contributed by atoms with Crippen molar-refractivity contribution in [1.29, 1.82) is 0 Å². The first kappa shape index (κ1) is 18.9. The first-order valence-electron chi connectivity index (χ1n) is 9.66. The molecule has 2 fully saturated rings. The van der Waals surface area contributed by atoms with Gasteiger partial charge in [-0.25, -0.2) is 0 Å². The monoisotopic (exact) mass is 394 g/mol. The largest absolute Gasteiger partial charge is 0.368 e. The predicted octanol–water partition coefficient (Wildman–Crippen LogP) is 2.30. The van der Waals surface area contributed by atoms with E-state index < -0.39 is 4.92 Å². The van der Waals surface area contributed by atoms with Gasteiger partial charge in [-0.1, -0.05) is 18.2 Å². The van der Waals surface area contributed by atoms with E-state index in [0.29, 0.717) is 32.7 Å². The van der Waals surface area contributed by atoms with E-state index in [1.54, 1.807) is 17.0 Å². The Labute approximate surface area is 168 Å². The number of hydrogen-bond acceptors (Lipinski definition) is 5. The van der Waals surface area contributed by atoms with Crippen LogP contribution >= 0.6 is 0 Å². The summed E-state index contributed by atoms with van der Waals surface area (Å²) in [4.78, 5) is 41.3. The van der Waals surface area contributed by atoms with Gasteiger partial charge in [0.25, 0.3) is 5.69 Å². The molecule has 150 valence electrons. The summed E-state index contributed by atoms with van der Waals surface area (Å²) in [6, 6.07) is 15.9. The molecule has 2 aliphatic rings. The molecule has 0 saturated carbocycles. The summed E-state index contributed by atoms with van der Waals surface area (Å²) in [6.07, 6.45) is 0.246. The molecule has 0 N–H and O–H groups in total. The van der Waals surface area contributed by atoms with E-state index in [9.17, 15) is 19.7 Å². The third-order valence-electron chi connectivity index (χ3n) is 5.56. The molecule has 2 saturated heterocycles. The van der Waals surface area contributed by atoms with Gasteiger partial charge in [-0.15, -0.1) is 0 Å². The summed E-state index contributed by atoms with van der Waals surface area (Å²) in [5, 5.41) is 10.8. The molecule has 8 heteroatoms. The van der Waals surface area contributed by atoms with Crippen LogP contribution in [-0.4, -0.2) is 54.4 Å². The fourth-order valence-electron chi connectivity index (χ4n) is 3.96. The van der Waals surface area contributed by atoms with E-state index in [2.05, 4.69) is 4.90 Å². The SMILES string of the molecule is O=C(C1CC(=O)N(c2ccccc2)C1)N1CCN(c2ccc([N+](=O)[O-])cc2)CC1. The average molecular weight is 394 g/mol. The number of carbonyl (C=O) groups excluding carboxylic acids is 2. The highest BCUT2D eigenvalue weighted by molar-refractivity contribution is 6.00. The van der Waals surface area contributed by atoms with Gasteiger partial charge in [-0.05, 0) is 24.3 Å². The minimum absolute atomic E-state index is 0.0148. The lowest BCUT2D eigenvalue weighted by Gasteiger charge is -2.37. The highest BCUT2D eigenvalue weighted by Crippen LogP contribution is 2.27. The van der Waals surface area contributed by atoms with E-state index in [1.807, 2.05) is 35.2 Å². The fraction of sp³-hybridized carbons (Fsp3) is 0.333. The molecule has 8 nitrogen and oxygen atoms in total. The summed E-state index contributed by atoms with van der Waals surface area (Å²) in [5.74, 6) is -0.298. The number of amides is 2. The molecule has 0 aliphatic carbocycles. The van der Waals surface area contributed by atoms with E-state index in [-0.39, 0.29) is 29.8 Å². The number of carbonyl (C=O) groups is 2. The van der Waals surface area contributed by atoms with Crippen molar-refractivity contribution in [3.05, 3.63) is 64.7 Å². The Balaban J connectivity index is 1.34. The van der Waals surface area contributed by atoms with Crippen LogP contribution in [0, 0.1) is 16.0 Å². The predicted molar refractivity (Wildman–Crippen MR) is 109 cm³/mol. The first-order chi connectivity index (χ1) is 14.0. The number of para-hydroxylation sites is 1. The van der Waals surface area contributed by atoms with Crippen molar-refractivity contribution in [3.63, 3.8) is 0 Å². The van der Waals surface area contributed by atoms with Crippen LogP contribution in [0.4, 0.5) is 17.1 Å². The first-order valence-corrected chi connectivity index (χ1v) is 9.66. The lowest BCUT2D eigenvalue weighted by atomic mass is 10.1. The highest BCUT2D eigenvalue weighted by atomic mass is 16.6. The van der Waals surface area contributed by atoms with Gasteiger partial charge in [0.15, 0.2) is 0 Å². The smallest absolute Gasteiger partial charge is 0.269 e. The number of hydrogen-bond donors (Lipinski definition) is 0. The van der Waals surface area contributed by atoms with Gasteiger partial charge in [0, 0.05) is 62.7 Å². The second-order valence-corrected chi connectivity index (χ2v) is 7.33. The number of nitro benzene ring substituents is 1. The number of piperazine rings is 1. The van der Waals surface area contributed by atoms with Crippen LogP contribution < -0.4 is 9.80 Å². The molecule has 0 aromatic heterocycles. The third kappa shape index (κ3) is 3.91. The molecular weight excluding hydrogens is 372 g/mol. The van der Waals surface area contributed by atoms with Gasteiger partial charge < -0.3 is 14.7 Å². The van der Waals surface area contributed by atoms with Crippen molar-refractivity contribution in [2.24, 2.45) is 5.92 Å². The quantitative estimate of drug-likeness (QED) is 0.587. The molecule has 29 heavy (non-hydrogen) atoms. The number of non-ortho nitro benzene ring substituents is 1. The van der Waals surface area contributed by atoms with Crippen LogP contribution in [0.5, 0.6) is 0 Å². The average Bonchev–Trinajstić information content (AvgIpc) is 3.15. The molecule has 1 unspecified atom stereocenters. The van der Waals surface area contributed by atoms with Gasteiger partial charge >= 0.3 is 0 Å². The molecule has 1 atom stereocenters. The van der Waals surface area contributed by atoms with Crippen molar-refractivity contribution in [2.75, 3.05) is 42.5 Å². The maximum absolute atomic E-state index is 12.9. The minimum atomic E-state index is -0.415. The molecule has 2 aliphatic heterocycles. The molecule has 0 radical (unpaired) electrons. The van der Waals surface area contributed by atoms with Gasteiger partial charge in [0.2, 0.25) is 11.8 Å². The van der Waals surface area contributed by atoms with Crippen molar-refractivity contribution in [3.8, 4) is 0 Å². The van der Waals surface area contributed by atoms with Crippen LogP contribution in [-0.2, 0) is 9.59 Å². The molecular formula is C21H22N4O4. The maximum atomic E-state index is 12.9. The van der Waals surface area contributed by atoms with E-state index in [4.69, 9.17) is 0 Å². The molecule has 0 bridgehead atoms. The Morgan fingerprint density at radius 3 is 2.21 bits per heavy atom. The maximum Gasteiger partial charge on any atom is 0.269 e. The summed E-state index contributed by atoms with van der Waals surface area (Å²) in [6.45, 7) is 2.89. The lowest BCUT2D eigenvalue weighted by Crippen LogP contribution is -2.50. The van der Waals surface area contributed by atoms with Crippen LogP contribution in [0.3, 0.4) is 0 Å². The summed E-state index contributed by atoms with van der Waals surface area (Å²) in [5.41, 5.74) is 1.81. The standard InChI is InChI=1S/C21H22N4O4/c26-20-14-16(15-24(20)18-4-2-1-3-5-18)21(27)23-12-10-22(11-13-23)17-6-8-19(9-7-17)25(28)29/h1-9,16H,10-15H2. The van der Waals surface area contributed by atoms with Crippen molar-refractivity contribution in [1.82, 2.24) is 4.90 Å². The molecule has 4 rings (SSSR count). The number of anilines is 2. The van der Waals surface area contributed by atoms with Gasteiger partial charge in [-0.3, -0.25) is 19.7 Å². The number of nitro groups is 1. The van der Waals surface area contributed by atoms with E-state index in [0.717, 1.165) is 11.4 Å². The number of benzene rings is 2. The van der Waals surface area contributed by atoms with E-state index >= 15 is 0 Å². The zero-order valence-corrected chi connectivity index (χ0v) is 15.9. The minimum Gasteiger partial charge on any atom is -0.368 e. The van der Waals surface area contributed by atoms with Crippen LogP contribution in [0.25, 0.3) is 0 Å². The third-order valence-corrected chi connectivity index (χ3v) is 5.56. The van der Waals surface area contributed by atoms with Crippen LogP contribution in [0.1, 0.15) is 6.42 Å². The summed E-state index contributed by atoms with van der Waals surface area (Å²) < 4.78 is 0. The second kappa shape index (κ2) is 7.90. The summed E-state index contributed by atoms with van der Waals surface area (Å²) in [7, 11) is 0. The topological polar surface area (TPSA) is 87.0 Å². The van der Waals surface area contributed by atoms with Crippen molar-refractivity contribution >= 4 is 28.9 Å². The zero-order chi connectivity index (χ0) is 20.4. The fourth-order valence-corrected chi connectivity index (χ4v) is 3.96. The van der Waals surface area contributed by atoms with Gasteiger partial charge in [0.05, 0.1) is 10.8 Å². The Morgan fingerprint density at radius 2 is 1.59 bits per heavy atom. The lowest BCUT2D eigenvalue weighted by molar-refractivity contribution is -0.384. The molecule has 0 spiro atoms. The second-order valence-electron chi connectivity index (χ2n) is 7.33. The van der Waals surface area contributed by atoms with Crippen molar-refractivity contribution in [2.45, 2.75) is 6.42 Å². The van der Waals surface area contributed by atoms with E-state index in [1.165, 1.54) is 12.1 Å². The van der Waals surface area contributed by atoms with Gasteiger partial charge in [0.1, 0.15) is 0 Å². The Kier molecular flexibility index (Phi) is 5.16.